The molecule has 3 aromatic carbocycles. The van der Waals surface area contributed by atoms with Gasteiger partial charge in [0.05, 0.1) is 18.6 Å². The summed E-state index contributed by atoms with van der Waals surface area (Å²) in [4.78, 5) is 27.4. The molecule has 1 aliphatic carbocycles. The monoisotopic (exact) mass is 501 g/mol. The molecule has 1 amide bonds. The summed E-state index contributed by atoms with van der Waals surface area (Å²) in [6.07, 6.45) is -0.317. The van der Waals surface area contributed by atoms with E-state index < -0.39 is 24.2 Å². The van der Waals surface area contributed by atoms with Crippen molar-refractivity contribution in [3.05, 3.63) is 101 Å². The van der Waals surface area contributed by atoms with Crippen molar-refractivity contribution in [2.75, 3.05) is 0 Å². The number of hydrogen-bond donors (Lipinski definition) is 2. The molecule has 0 spiro atoms. The van der Waals surface area contributed by atoms with E-state index in [4.69, 9.17) is 9.47 Å². The summed E-state index contributed by atoms with van der Waals surface area (Å²) in [6, 6.07) is 24.3. The van der Waals surface area contributed by atoms with Gasteiger partial charge in [-0.25, -0.2) is 0 Å². The van der Waals surface area contributed by atoms with Crippen LogP contribution in [0.4, 0.5) is 0 Å². The molecule has 0 saturated heterocycles. The first-order valence-corrected chi connectivity index (χ1v) is 12.7. The maximum atomic E-state index is 14.0. The molecule has 2 N–H and O–H groups in total. The van der Waals surface area contributed by atoms with E-state index in [1.165, 1.54) is 0 Å². The van der Waals surface area contributed by atoms with Crippen molar-refractivity contribution in [1.82, 2.24) is 4.90 Å². The lowest BCUT2D eigenvalue weighted by molar-refractivity contribution is -0.163. The third-order valence-corrected chi connectivity index (χ3v) is 7.11. The van der Waals surface area contributed by atoms with Crippen molar-refractivity contribution in [1.29, 1.82) is 0 Å². The quantitative estimate of drug-likeness (QED) is 0.455. The number of aliphatic hydroxyl groups excluding tert-OH is 1. The van der Waals surface area contributed by atoms with Crippen LogP contribution < -0.4 is 4.74 Å². The highest BCUT2D eigenvalue weighted by molar-refractivity contribution is 5.84. The van der Waals surface area contributed by atoms with Crippen molar-refractivity contribution in [2.24, 2.45) is 0 Å². The number of ether oxygens (including phenoxy) is 2. The fourth-order valence-electron chi connectivity index (χ4n) is 5.06. The minimum Gasteiger partial charge on any atom is -0.489 e. The number of carbonyl (C=O) groups is 2. The number of nitrogens with zero attached hydrogens (tertiary/aromatic N) is 1. The highest BCUT2D eigenvalue weighted by Crippen LogP contribution is 2.36. The lowest BCUT2D eigenvalue weighted by Gasteiger charge is -2.40. The summed E-state index contributed by atoms with van der Waals surface area (Å²) in [6.45, 7) is 0.676. The second kappa shape index (κ2) is 11.2. The SMILES string of the molecule is O=C(O)C[C@H]1Cc2c(cccc2OCc2ccccc2)CN1C(=O)[C@@H](O[C@H]1C[C@@H](O)C1)c1ccccc1. The number of amides is 1. The van der Waals surface area contributed by atoms with Gasteiger partial charge in [-0.1, -0.05) is 72.8 Å². The summed E-state index contributed by atoms with van der Waals surface area (Å²) < 4.78 is 12.3. The van der Waals surface area contributed by atoms with E-state index in [0.717, 1.165) is 16.7 Å². The Hall–Kier alpha value is -3.68. The van der Waals surface area contributed by atoms with Gasteiger partial charge in [0.25, 0.3) is 5.91 Å². The van der Waals surface area contributed by atoms with Gasteiger partial charge in [0, 0.05) is 18.2 Å². The maximum Gasteiger partial charge on any atom is 0.305 e. The van der Waals surface area contributed by atoms with Gasteiger partial charge in [-0.15, -0.1) is 0 Å². The number of rotatable bonds is 9. The molecule has 0 unspecified atom stereocenters. The fraction of sp³-hybridized carbons (Fsp3) is 0.333. The number of carboxylic acid groups (broad SMARTS) is 1. The molecule has 2 atom stereocenters. The molecule has 0 bridgehead atoms. The number of aliphatic hydroxyl groups is 1. The molecule has 1 heterocycles. The van der Waals surface area contributed by atoms with Gasteiger partial charge in [0.15, 0.2) is 6.10 Å². The van der Waals surface area contributed by atoms with E-state index in [2.05, 4.69) is 0 Å². The normalized spacial score (nSPS) is 21.4. The van der Waals surface area contributed by atoms with Crippen molar-refractivity contribution < 1.29 is 29.3 Å². The van der Waals surface area contributed by atoms with Crippen LogP contribution in [-0.2, 0) is 33.9 Å². The standard InChI is InChI=1S/C30H31NO6/c32-24-16-25(17-24)37-29(21-10-5-2-6-11-21)30(35)31-18-22-12-7-13-27(26(22)14-23(31)15-28(33)34)36-19-20-8-3-1-4-9-20/h1-13,23-25,29,32H,14-19H2,(H,33,34)/t23-,24-,25+,29+/m1/s1. The molecule has 1 aliphatic heterocycles. The van der Waals surface area contributed by atoms with E-state index >= 15 is 0 Å². The zero-order valence-electron chi connectivity index (χ0n) is 20.5. The Balaban J connectivity index is 1.41. The number of benzene rings is 3. The molecular formula is C30H31NO6. The predicted molar refractivity (Wildman–Crippen MR) is 137 cm³/mol. The molecule has 1 fully saturated rings. The molecule has 7 heteroatoms. The van der Waals surface area contributed by atoms with E-state index in [1.807, 2.05) is 78.9 Å². The van der Waals surface area contributed by atoms with Gasteiger partial charge in [0.1, 0.15) is 12.4 Å². The molecule has 1 saturated carbocycles. The molecule has 192 valence electrons. The van der Waals surface area contributed by atoms with Crippen LogP contribution in [0.1, 0.15) is 47.6 Å². The van der Waals surface area contributed by atoms with Gasteiger partial charge in [-0.05, 0) is 42.0 Å². The Kier molecular flexibility index (Phi) is 7.53. The topological polar surface area (TPSA) is 96.3 Å². The molecular weight excluding hydrogens is 470 g/mol. The van der Waals surface area contributed by atoms with Gasteiger partial charge >= 0.3 is 5.97 Å². The first-order valence-electron chi connectivity index (χ1n) is 12.7. The second-order valence-electron chi connectivity index (χ2n) is 9.76. The van der Waals surface area contributed by atoms with Crippen LogP contribution in [0.15, 0.2) is 78.9 Å². The van der Waals surface area contributed by atoms with Crippen LogP contribution in [0.2, 0.25) is 0 Å². The highest BCUT2D eigenvalue weighted by Gasteiger charge is 2.39. The first kappa shape index (κ1) is 25.0. The number of carbonyl (C=O) groups excluding carboxylic acids is 1. The van der Waals surface area contributed by atoms with Gasteiger partial charge < -0.3 is 24.6 Å². The fourth-order valence-corrected chi connectivity index (χ4v) is 5.06. The lowest BCUT2D eigenvalue weighted by atomic mass is 9.90. The molecule has 0 radical (unpaired) electrons. The van der Waals surface area contributed by atoms with Crippen LogP contribution in [0.3, 0.4) is 0 Å². The predicted octanol–water partition coefficient (Wildman–Crippen LogP) is 4.27. The zero-order chi connectivity index (χ0) is 25.8. The Bertz CT molecular complexity index is 1230. The van der Waals surface area contributed by atoms with E-state index in [9.17, 15) is 19.8 Å². The summed E-state index contributed by atoms with van der Waals surface area (Å²) >= 11 is 0. The van der Waals surface area contributed by atoms with Crippen LogP contribution in [-0.4, -0.2) is 45.2 Å². The second-order valence-corrected chi connectivity index (χ2v) is 9.76. The van der Waals surface area contributed by atoms with E-state index in [-0.39, 0.29) is 25.0 Å². The molecule has 2 aliphatic rings. The van der Waals surface area contributed by atoms with Crippen LogP contribution in [0.25, 0.3) is 0 Å². The van der Waals surface area contributed by atoms with Crippen molar-refractivity contribution in [3.63, 3.8) is 0 Å². The lowest BCUT2D eigenvalue weighted by Crippen LogP contribution is -2.49. The summed E-state index contributed by atoms with van der Waals surface area (Å²) in [7, 11) is 0. The molecule has 5 rings (SSSR count). The van der Waals surface area contributed by atoms with Crippen LogP contribution >= 0.6 is 0 Å². The van der Waals surface area contributed by atoms with Gasteiger partial charge in [-0.3, -0.25) is 9.59 Å². The zero-order valence-corrected chi connectivity index (χ0v) is 20.5. The Labute approximate surface area is 216 Å². The number of aliphatic carboxylic acids is 1. The number of hydrogen-bond acceptors (Lipinski definition) is 5. The summed E-state index contributed by atoms with van der Waals surface area (Å²) in [5, 5.41) is 19.4. The molecule has 37 heavy (non-hydrogen) atoms. The number of carboxylic acids is 1. The highest BCUT2D eigenvalue weighted by atomic mass is 16.5. The van der Waals surface area contributed by atoms with Crippen molar-refractivity contribution in [2.45, 2.75) is 63.2 Å². The van der Waals surface area contributed by atoms with Crippen molar-refractivity contribution in [3.8, 4) is 5.75 Å². The van der Waals surface area contributed by atoms with Crippen LogP contribution in [0, 0.1) is 0 Å². The third kappa shape index (κ3) is 5.84. The summed E-state index contributed by atoms with van der Waals surface area (Å²) in [5.74, 6) is -0.517. The van der Waals surface area contributed by atoms with E-state index in [1.54, 1.807) is 4.90 Å². The van der Waals surface area contributed by atoms with Gasteiger partial charge in [0.2, 0.25) is 0 Å². The Morgan fingerprint density at radius 2 is 1.65 bits per heavy atom. The first-order chi connectivity index (χ1) is 18.0. The molecule has 3 aromatic rings. The van der Waals surface area contributed by atoms with Crippen molar-refractivity contribution >= 4 is 11.9 Å². The summed E-state index contributed by atoms with van der Waals surface area (Å²) in [5.41, 5.74) is 3.63. The van der Waals surface area contributed by atoms with Crippen LogP contribution in [0.5, 0.6) is 5.75 Å². The average molecular weight is 502 g/mol. The Morgan fingerprint density at radius 3 is 2.32 bits per heavy atom. The molecule has 0 aromatic heterocycles. The smallest absolute Gasteiger partial charge is 0.305 e. The molecule has 7 nitrogen and oxygen atoms in total. The third-order valence-electron chi connectivity index (χ3n) is 7.11. The minimum atomic E-state index is -0.965. The Morgan fingerprint density at radius 1 is 0.946 bits per heavy atom. The number of fused-ring (bicyclic) bond motifs is 1. The maximum absolute atomic E-state index is 14.0. The van der Waals surface area contributed by atoms with E-state index in [0.29, 0.717) is 37.2 Å². The minimum absolute atomic E-state index is 0.179. The average Bonchev–Trinajstić information content (AvgIpc) is 2.89. The largest absolute Gasteiger partial charge is 0.489 e. The van der Waals surface area contributed by atoms with Gasteiger partial charge in [-0.2, -0.15) is 0 Å².